The lowest BCUT2D eigenvalue weighted by molar-refractivity contribution is 0.0718. The normalized spacial score (nSPS) is 10.8. The molecule has 0 saturated carbocycles. The van der Waals surface area contributed by atoms with E-state index in [1.807, 2.05) is 0 Å². The van der Waals surface area contributed by atoms with Crippen molar-refractivity contribution in [3.8, 4) is 11.5 Å². The second-order valence-corrected chi connectivity index (χ2v) is 9.66. The topological polar surface area (TPSA) is 105 Å². The van der Waals surface area contributed by atoms with Gasteiger partial charge in [-0.25, -0.2) is 9.59 Å². The zero-order chi connectivity index (χ0) is 27.3. The molecule has 3 rings (SSSR count). The van der Waals surface area contributed by atoms with Gasteiger partial charge in [0.1, 0.15) is 11.5 Å². The Morgan fingerprint density at radius 1 is 0.553 bits per heavy atom. The van der Waals surface area contributed by atoms with Gasteiger partial charge in [0.2, 0.25) is 0 Å². The molecule has 0 aromatic heterocycles. The van der Waals surface area contributed by atoms with Gasteiger partial charge in [0.05, 0.1) is 11.1 Å². The quantitative estimate of drug-likeness (QED) is 0.0993. The van der Waals surface area contributed by atoms with Gasteiger partial charge >= 0.3 is 11.9 Å². The highest BCUT2D eigenvalue weighted by Gasteiger charge is 2.23. The molecule has 0 bridgehead atoms. The lowest BCUT2D eigenvalue weighted by Crippen LogP contribution is -2.18. The molecule has 3 aromatic rings. The van der Waals surface area contributed by atoms with Crippen LogP contribution in [0.2, 0.25) is 0 Å². The van der Waals surface area contributed by atoms with E-state index < -0.39 is 11.9 Å². The lowest BCUT2D eigenvalue weighted by atomic mass is 9.88. The van der Waals surface area contributed by atoms with Gasteiger partial charge in [0.25, 0.3) is 0 Å². The van der Waals surface area contributed by atoms with Crippen LogP contribution in [0.15, 0.2) is 60.7 Å². The number of carbonyl (C=O) groups is 2. The highest BCUT2D eigenvalue weighted by Crippen LogP contribution is 2.28. The largest absolute Gasteiger partial charge is 0.423 e. The van der Waals surface area contributed by atoms with Gasteiger partial charge in [-0.2, -0.15) is 0 Å². The molecule has 4 N–H and O–H groups in total. The van der Waals surface area contributed by atoms with E-state index in [1.165, 1.54) is 0 Å². The first-order valence-corrected chi connectivity index (χ1v) is 13.7. The fourth-order valence-corrected chi connectivity index (χ4v) is 4.50. The number of hydrogen-bond acceptors (Lipinski definition) is 6. The summed E-state index contributed by atoms with van der Waals surface area (Å²) in [4.78, 5) is 26.7. The summed E-state index contributed by atoms with van der Waals surface area (Å²) in [5, 5.41) is 0. The van der Waals surface area contributed by atoms with Crippen LogP contribution >= 0.6 is 0 Å². The molecule has 0 fully saturated rings. The van der Waals surface area contributed by atoms with Crippen LogP contribution in [0.5, 0.6) is 11.5 Å². The van der Waals surface area contributed by atoms with E-state index in [4.69, 9.17) is 20.9 Å². The zero-order valence-corrected chi connectivity index (χ0v) is 22.6. The summed E-state index contributed by atoms with van der Waals surface area (Å²) in [5.74, 6) is -0.0167. The van der Waals surface area contributed by atoms with Crippen molar-refractivity contribution in [3.05, 3.63) is 82.9 Å². The minimum atomic E-state index is -0.437. The monoisotopic (exact) mass is 516 g/mol. The van der Waals surface area contributed by atoms with Crippen LogP contribution in [0.3, 0.4) is 0 Å². The third kappa shape index (κ3) is 8.37. The molecule has 0 saturated heterocycles. The molecule has 6 nitrogen and oxygen atoms in total. The molecule has 0 amide bonds. The van der Waals surface area contributed by atoms with Crippen LogP contribution in [0.25, 0.3) is 0 Å². The molecule has 6 heteroatoms. The Balaban J connectivity index is 1.98. The van der Waals surface area contributed by atoms with E-state index in [2.05, 4.69) is 13.8 Å². The lowest BCUT2D eigenvalue weighted by Gasteiger charge is -2.18. The van der Waals surface area contributed by atoms with Crippen molar-refractivity contribution in [1.82, 2.24) is 0 Å². The number of benzene rings is 3. The van der Waals surface area contributed by atoms with Gasteiger partial charge in [0.15, 0.2) is 0 Å². The van der Waals surface area contributed by atoms with Crippen LogP contribution in [0, 0.1) is 0 Å². The number of rotatable bonds is 14. The number of hydrogen-bond donors (Lipinski definition) is 2. The molecule has 0 spiro atoms. The van der Waals surface area contributed by atoms with Crippen LogP contribution < -0.4 is 20.9 Å². The van der Waals surface area contributed by atoms with E-state index >= 15 is 0 Å². The second kappa shape index (κ2) is 14.8. The van der Waals surface area contributed by atoms with E-state index in [1.54, 1.807) is 60.7 Å². The van der Waals surface area contributed by atoms with Gasteiger partial charge in [-0.3, -0.25) is 0 Å². The number of carbonyl (C=O) groups excluding carboxylic acids is 2. The Labute approximate surface area is 226 Å². The molecule has 3 aromatic carbocycles. The number of anilines is 2. The third-order valence-electron chi connectivity index (χ3n) is 6.61. The summed E-state index contributed by atoms with van der Waals surface area (Å²) in [5.41, 5.74) is 15.5. The molecule has 0 unspecified atom stereocenters. The van der Waals surface area contributed by atoms with Crippen LogP contribution in [-0.2, 0) is 12.8 Å². The van der Waals surface area contributed by atoms with E-state index in [-0.39, 0.29) is 0 Å². The maximum absolute atomic E-state index is 13.4. The Bertz CT molecular complexity index is 1090. The summed E-state index contributed by atoms with van der Waals surface area (Å²) in [6.07, 6.45) is 9.82. The molecule has 0 aliphatic heterocycles. The summed E-state index contributed by atoms with van der Waals surface area (Å²) < 4.78 is 11.4. The van der Waals surface area contributed by atoms with Gasteiger partial charge < -0.3 is 20.9 Å². The fourth-order valence-electron chi connectivity index (χ4n) is 4.50. The van der Waals surface area contributed by atoms with Crippen molar-refractivity contribution in [2.75, 3.05) is 11.5 Å². The van der Waals surface area contributed by atoms with Gasteiger partial charge in [-0.15, -0.1) is 0 Å². The van der Waals surface area contributed by atoms with E-state index in [0.29, 0.717) is 46.8 Å². The maximum atomic E-state index is 13.4. The van der Waals surface area contributed by atoms with Crippen molar-refractivity contribution >= 4 is 23.3 Å². The van der Waals surface area contributed by atoms with E-state index in [0.717, 1.165) is 62.5 Å². The Morgan fingerprint density at radius 2 is 0.921 bits per heavy atom. The van der Waals surface area contributed by atoms with Crippen molar-refractivity contribution in [3.63, 3.8) is 0 Å². The smallest absolute Gasteiger partial charge is 0.343 e. The van der Waals surface area contributed by atoms with E-state index in [9.17, 15) is 9.59 Å². The van der Waals surface area contributed by atoms with Crippen LogP contribution in [0.4, 0.5) is 11.4 Å². The van der Waals surface area contributed by atoms with Crippen LogP contribution in [0.1, 0.15) is 97.1 Å². The first kappa shape index (κ1) is 28.8. The Kier molecular flexibility index (Phi) is 11.2. The summed E-state index contributed by atoms with van der Waals surface area (Å²) in [6, 6.07) is 16.9. The number of nitrogen functional groups attached to an aromatic ring is 2. The fraction of sp³-hybridized carbons (Fsp3) is 0.375. The minimum Gasteiger partial charge on any atom is -0.423 e. The maximum Gasteiger partial charge on any atom is 0.343 e. The standard InChI is InChI=1S/C32H40N2O4/c1-3-5-7-9-11-27-28(12-10-8-6-4-2)30(32(36)38-26-19-15-24(34)16-20-26)22-21-29(27)31(35)37-25-17-13-23(33)14-18-25/h13-22H,3-12,33-34H2,1-2H3. The molecule has 0 heterocycles. The van der Waals surface area contributed by atoms with Crippen molar-refractivity contribution in [1.29, 1.82) is 0 Å². The Hall–Kier alpha value is -3.80. The van der Waals surface area contributed by atoms with Crippen molar-refractivity contribution in [2.24, 2.45) is 0 Å². The van der Waals surface area contributed by atoms with Gasteiger partial charge in [-0.1, -0.05) is 52.4 Å². The number of unbranched alkanes of at least 4 members (excludes halogenated alkanes) is 6. The molecular formula is C32H40N2O4. The molecular weight excluding hydrogens is 476 g/mol. The molecule has 0 aliphatic carbocycles. The molecule has 202 valence electrons. The average Bonchev–Trinajstić information content (AvgIpc) is 2.91. The molecule has 0 atom stereocenters. The van der Waals surface area contributed by atoms with Crippen LogP contribution in [-0.4, -0.2) is 11.9 Å². The number of nitrogens with two attached hydrogens (primary N) is 2. The Morgan fingerprint density at radius 3 is 1.26 bits per heavy atom. The van der Waals surface area contributed by atoms with Gasteiger partial charge in [0, 0.05) is 11.4 Å². The first-order chi connectivity index (χ1) is 18.4. The van der Waals surface area contributed by atoms with Crippen molar-refractivity contribution < 1.29 is 19.1 Å². The zero-order valence-electron chi connectivity index (χ0n) is 22.6. The van der Waals surface area contributed by atoms with Gasteiger partial charge in [-0.05, 0) is 97.5 Å². The first-order valence-electron chi connectivity index (χ1n) is 13.7. The molecule has 0 aliphatic rings. The predicted molar refractivity (Wildman–Crippen MR) is 154 cm³/mol. The van der Waals surface area contributed by atoms with Crippen molar-refractivity contribution in [2.45, 2.75) is 78.1 Å². The second-order valence-electron chi connectivity index (χ2n) is 9.66. The predicted octanol–water partition coefficient (Wildman–Crippen LogP) is 7.54. The highest BCUT2D eigenvalue weighted by atomic mass is 16.5. The summed E-state index contributed by atoms with van der Waals surface area (Å²) >= 11 is 0. The minimum absolute atomic E-state index is 0.428. The molecule has 0 radical (unpaired) electrons. The number of esters is 2. The summed E-state index contributed by atoms with van der Waals surface area (Å²) in [7, 11) is 0. The average molecular weight is 517 g/mol. The molecule has 38 heavy (non-hydrogen) atoms. The number of ether oxygens (including phenoxy) is 2. The highest BCUT2D eigenvalue weighted by molar-refractivity contribution is 5.98. The third-order valence-corrected chi connectivity index (χ3v) is 6.61. The summed E-state index contributed by atoms with van der Waals surface area (Å²) in [6.45, 7) is 4.34. The SMILES string of the molecule is CCCCCCc1c(C(=O)Oc2ccc(N)cc2)ccc(C(=O)Oc2ccc(N)cc2)c1CCCCCC.